The van der Waals surface area contributed by atoms with Crippen molar-refractivity contribution in [3.8, 4) is 0 Å². The fourth-order valence-corrected chi connectivity index (χ4v) is 2.81. The van der Waals surface area contributed by atoms with Crippen molar-refractivity contribution in [1.82, 2.24) is 19.4 Å². The summed E-state index contributed by atoms with van der Waals surface area (Å²) in [7, 11) is 10.4. The molecule has 7 heteroatoms. The molecular formula is C26H51N7. The van der Waals surface area contributed by atoms with Crippen LogP contribution in [0.5, 0.6) is 0 Å². The Morgan fingerprint density at radius 3 is 1.61 bits per heavy atom. The number of azo groups is 1. The first-order valence-corrected chi connectivity index (χ1v) is 12.5. The van der Waals surface area contributed by atoms with Gasteiger partial charge in [-0.1, -0.05) is 41.5 Å². The van der Waals surface area contributed by atoms with Gasteiger partial charge in [0.05, 0.1) is 5.69 Å². The lowest BCUT2D eigenvalue weighted by Gasteiger charge is -2.26. The standard InChI is InChI=1S/C20H33N7.3C2H6/c1-24(2)13-6-15-27(16-7-14-25(3)4)19-10-8-18(9-11-19)22-23-20-21-12-17-26(20)5;3*1-2/h8-12,17H,6-7,13-16H2,1-5H3;3*1-2H3. The van der Waals surface area contributed by atoms with Gasteiger partial charge in [0.25, 0.3) is 0 Å². The molecule has 0 saturated heterocycles. The Hall–Kier alpha value is -2.25. The zero-order valence-corrected chi connectivity index (χ0v) is 23.3. The van der Waals surface area contributed by atoms with Gasteiger partial charge in [0.1, 0.15) is 0 Å². The first-order chi connectivity index (χ1) is 16.0. The van der Waals surface area contributed by atoms with Crippen molar-refractivity contribution >= 4 is 17.3 Å². The third-order valence-corrected chi connectivity index (χ3v) is 4.33. The quantitative estimate of drug-likeness (QED) is 0.353. The Balaban J connectivity index is 0. The van der Waals surface area contributed by atoms with Gasteiger partial charge in [-0.25, -0.2) is 4.98 Å². The molecular weight excluding hydrogens is 410 g/mol. The number of anilines is 1. The van der Waals surface area contributed by atoms with Gasteiger partial charge in [-0.15, -0.1) is 10.2 Å². The van der Waals surface area contributed by atoms with Crippen LogP contribution in [-0.4, -0.2) is 73.7 Å². The second-order valence-electron chi connectivity index (χ2n) is 7.36. The first-order valence-electron chi connectivity index (χ1n) is 12.5. The molecule has 190 valence electrons. The Morgan fingerprint density at radius 2 is 1.21 bits per heavy atom. The number of imidazole rings is 1. The molecule has 2 aromatic rings. The van der Waals surface area contributed by atoms with E-state index >= 15 is 0 Å². The molecule has 0 saturated carbocycles. The molecule has 0 spiro atoms. The summed E-state index contributed by atoms with van der Waals surface area (Å²) in [6, 6.07) is 8.32. The highest BCUT2D eigenvalue weighted by Crippen LogP contribution is 2.22. The summed E-state index contributed by atoms with van der Waals surface area (Å²) in [6.07, 6.45) is 5.87. The van der Waals surface area contributed by atoms with Crippen molar-refractivity contribution in [3.05, 3.63) is 36.7 Å². The van der Waals surface area contributed by atoms with Gasteiger partial charge >= 0.3 is 0 Å². The van der Waals surface area contributed by atoms with Gasteiger partial charge in [-0.05, 0) is 78.4 Å². The minimum Gasteiger partial charge on any atom is -0.371 e. The summed E-state index contributed by atoms with van der Waals surface area (Å²) in [5.74, 6) is 0.605. The third kappa shape index (κ3) is 15.3. The van der Waals surface area contributed by atoms with Crippen LogP contribution in [0.25, 0.3) is 0 Å². The maximum Gasteiger partial charge on any atom is 0.249 e. The van der Waals surface area contributed by atoms with E-state index in [0.29, 0.717) is 5.95 Å². The maximum absolute atomic E-state index is 4.29. The maximum atomic E-state index is 4.29. The van der Waals surface area contributed by atoms with E-state index < -0.39 is 0 Å². The number of rotatable bonds is 11. The molecule has 0 fully saturated rings. The van der Waals surface area contributed by atoms with Crippen LogP contribution in [0.15, 0.2) is 46.9 Å². The largest absolute Gasteiger partial charge is 0.371 e. The number of hydrogen-bond acceptors (Lipinski definition) is 6. The fourth-order valence-electron chi connectivity index (χ4n) is 2.81. The summed E-state index contributed by atoms with van der Waals surface area (Å²) >= 11 is 0. The van der Waals surface area contributed by atoms with Crippen molar-refractivity contribution < 1.29 is 0 Å². The molecule has 1 aromatic carbocycles. The van der Waals surface area contributed by atoms with E-state index in [9.17, 15) is 0 Å². The van der Waals surface area contributed by atoms with Crippen LogP contribution in [0.4, 0.5) is 17.3 Å². The van der Waals surface area contributed by atoms with E-state index in [0.717, 1.165) is 44.7 Å². The van der Waals surface area contributed by atoms with Crippen molar-refractivity contribution in [1.29, 1.82) is 0 Å². The van der Waals surface area contributed by atoms with Gasteiger partial charge in [0.2, 0.25) is 5.95 Å². The Bertz CT molecular complexity index is 677. The predicted molar refractivity (Wildman–Crippen MR) is 146 cm³/mol. The van der Waals surface area contributed by atoms with E-state index in [1.54, 1.807) is 6.20 Å². The molecule has 0 bridgehead atoms. The highest BCUT2D eigenvalue weighted by molar-refractivity contribution is 5.52. The van der Waals surface area contributed by atoms with Gasteiger partial charge in [-0.2, -0.15) is 0 Å². The molecule has 0 atom stereocenters. The zero-order valence-electron chi connectivity index (χ0n) is 23.3. The smallest absolute Gasteiger partial charge is 0.249 e. The lowest BCUT2D eigenvalue weighted by Crippen LogP contribution is -2.30. The average Bonchev–Trinajstić information content (AvgIpc) is 3.25. The van der Waals surface area contributed by atoms with Gasteiger partial charge in [0.15, 0.2) is 0 Å². The average molecular weight is 462 g/mol. The summed E-state index contributed by atoms with van der Waals surface area (Å²) in [5, 5.41) is 8.49. The van der Waals surface area contributed by atoms with Gasteiger partial charge < -0.3 is 19.3 Å². The molecule has 0 aliphatic carbocycles. The van der Waals surface area contributed by atoms with E-state index in [-0.39, 0.29) is 0 Å². The van der Waals surface area contributed by atoms with E-state index in [1.807, 2.05) is 71.5 Å². The van der Waals surface area contributed by atoms with Crippen LogP contribution in [-0.2, 0) is 7.05 Å². The summed E-state index contributed by atoms with van der Waals surface area (Å²) in [6.45, 7) is 16.3. The molecule has 1 heterocycles. The molecule has 0 radical (unpaired) electrons. The minimum absolute atomic E-state index is 0.605. The van der Waals surface area contributed by atoms with Crippen LogP contribution < -0.4 is 4.90 Å². The molecule has 7 nitrogen and oxygen atoms in total. The second kappa shape index (κ2) is 21.6. The molecule has 2 rings (SSSR count). The van der Waals surface area contributed by atoms with Crippen molar-refractivity contribution in [2.75, 3.05) is 59.3 Å². The number of benzene rings is 1. The number of hydrogen-bond donors (Lipinski definition) is 0. The predicted octanol–water partition coefficient (Wildman–Crippen LogP) is 6.62. The van der Waals surface area contributed by atoms with Crippen molar-refractivity contribution in [3.63, 3.8) is 0 Å². The summed E-state index contributed by atoms with van der Waals surface area (Å²) < 4.78 is 1.84. The number of aryl methyl sites for hydroxylation is 1. The van der Waals surface area contributed by atoms with Crippen LogP contribution in [0, 0.1) is 0 Å². The van der Waals surface area contributed by atoms with Gasteiger partial charge in [0, 0.05) is 38.2 Å². The molecule has 0 amide bonds. The highest BCUT2D eigenvalue weighted by Gasteiger charge is 2.07. The summed E-state index contributed by atoms with van der Waals surface area (Å²) in [4.78, 5) is 11.1. The molecule has 0 unspecified atom stereocenters. The first kappa shape index (κ1) is 32.9. The van der Waals surface area contributed by atoms with Crippen molar-refractivity contribution in [2.24, 2.45) is 17.3 Å². The normalized spacial score (nSPS) is 10.2. The van der Waals surface area contributed by atoms with Crippen molar-refractivity contribution in [2.45, 2.75) is 54.4 Å². The van der Waals surface area contributed by atoms with Crippen LogP contribution >= 0.6 is 0 Å². The zero-order chi connectivity index (χ0) is 25.6. The SMILES string of the molecule is CC.CC.CC.CN(C)CCCN(CCCN(C)C)c1ccc(N=Nc2nccn2C)cc1. The number of nitrogens with zero attached hydrogens (tertiary/aromatic N) is 7. The molecule has 33 heavy (non-hydrogen) atoms. The molecule has 0 aliphatic rings. The van der Waals surface area contributed by atoms with E-state index in [4.69, 9.17) is 0 Å². The second-order valence-corrected chi connectivity index (χ2v) is 7.36. The van der Waals surface area contributed by atoms with E-state index in [2.05, 4.69) is 70.2 Å². The monoisotopic (exact) mass is 461 g/mol. The molecule has 0 aliphatic heterocycles. The molecule has 0 N–H and O–H groups in total. The lowest BCUT2D eigenvalue weighted by molar-refractivity contribution is 0.390. The Kier molecular flexibility index (Phi) is 21.5. The van der Waals surface area contributed by atoms with Crippen LogP contribution in [0.1, 0.15) is 54.4 Å². The highest BCUT2D eigenvalue weighted by atomic mass is 15.2. The van der Waals surface area contributed by atoms with Gasteiger partial charge in [-0.3, -0.25) is 0 Å². The van der Waals surface area contributed by atoms with E-state index in [1.165, 1.54) is 5.69 Å². The fraction of sp³-hybridized carbons (Fsp3) is 0.654. The van der Waals surface area contributed by atoms with Crippen LogP contribution in [0.3, 0.4) is 0 Å². The third-order valence-electron chi connectivity index (χ3n) is 4.33. The topological polar surface area (TPSA) is 52.3 Å². The Morgan fingerprint density at radius 1 is 0.727 bits per heavy atom. The Labute approximate surface area is 204 Å². The lowest BCUT2D eigenvalue weighted by atomic mass is 10.2. The van der Waals surface area contributed by atoms with Crippen LogP contribution in [0.2, 0.25) is 0 Å². The minimum atomic E-state index is 0.605. The molecule has 1 aromatic heterocycles. The number of aromatic nitrogens is 2. The summed E-state index contributed by atoms with van der Waals surface area (Å²) in [5.41, 5.74) is 2.08.